The van der Waals surface area contributed by atoms with E-state index in [1.54, 1.807) is 17.5 Å². The smallest absolute Gasteiger partial charge is 0.126 e. The number of pyridine rings is 1. The van der Waals surface area contributed by atoms with Gasteiger partial charge in [-0.05, 0) is 26.0 Å². The lowest BCUT2D eigenvalue weighted by molar-refractivity contribution is 0.892. The molecule has 0 radical (unpaired) electrons. The van der Waals surface area contributed by atoms with E-state index in [0.717, 1.165) is 10.8 Å². The molecule has 2 heterocycles. The van der Waals surface area contributed by atoms with Crippen LogP contribution in [0.2, 0.25) is 0 Å². The first kappa shape index (κ1) is 10.1. The molecule has 1 unspecified atom stereocenters. The Morgan fingerprint density at radius 1 is 1.33 bits per heavy atom. The van der Waals surface area contributed by atoms with Gasteiger partial charge in [0.1, 0.15) is 5.82 Å². The molecule has 0 aliphatic carbocycles. The molecule has 0 aromatic carbocycles. The zero-order valence-electron chi connectivity index (χ0n) is 8.77. The van der Waals surface area contributed by atoms with Crippen LogP contribution in [0.5, 0.6) is 0 Å². The van der Waals surface area contributed by atoms with E-state index < -0.39 is 0 Å². The number of hydrogen-bond acceptors (Lipinski definition) is 4. The second-order valence-corrected chi connectivity index (χ2v) is 4.63. The fraction of sp³-hybridized carbons (Fsp3) is 0.273. The summed E-state index contributed by atoms with van der Waals surface area (Å²) in [6.45, 7) is 4.13. The molecule has 3 nitrogen and oxygen atoms in total. The number of nitrogens with zero attached hydrogens (tertiary/aromatic N) is 2. The minimum Gasteiger partial charge on any atom is -0.363 e. The minimum absolute atomic E-state index is 0.256. The molecule has 2 aromatic heterocycles. The normalized spacial score (nSPS) is 12.4. The Bertz CT molecular complexity index is 424. The van der Waals surface area contributed by atoms with E-state index in [2.05, 4.69) is 22.2 Å². The molecule has 0 aliphatic rings. The molecule has 2 aromatic rings. The van der Waals surface area contributed by atoms with Crippen LogP contribution < -0.4 is 5.32 Å². The van der Waals surface area contributed by atoms with Gasteiger partial charge in [-0.15, -0.1) is 11.3 Å². The van der Waals surface area contributed by atoms with E-state index in [0.29, 0.717) is 0 Å². The number of hydrogen-bond donors (Lipinski definition) is 1. The van der Waals surface area contributed by atoms with Crippen molar-refractivity contribution in [2.45, 2.75) is 19.9 Å². The molecule has 0 fully saturated rings. The molecule has 0 saturated heterocycles. The minimum atomic E-state index is 0.256. The maximum atomic E-state index is 4.24. The van der Waals surface area contributed by atoms with Crippen molar-refractivity contribution in [3.05, 3.63) is 40.5 Å². The van der Waals surface area contributed by atoms with Crippen molar-refractivity contribution in [3.63, 3.8) is 0 Å². The van der Waals surface area contributed by atoms with Gasteiger partial charge in [-0.2, -0.15) is 0 Å². The zero-order chi connectivity index (χ0) is 10.7. The first-order chi connectivity index (χ1) is 7.25. The van der Waals surface area contributed by atoms with Crippen molar-refractivity contribution in [3.8, 4) is 0 Å². The number of aromatic nitrogens is 2. The van der Waals surface area contributed by atoms with E-state index in [1.807, 2.05) is 31.3 Å². The van der Waals surface area contributed by atoms with Gasteiger partial charge >= 0.3 is 0 Å². The number of thiazole rings is 1. The Labute approximate surface area is 93.2 Å². The first-order valence-corrected chi connectivity index (χ1v) is 5.67. The fourth-order valence-electron chi connectivity index (χ4n) is 1.32. The fourth-order valence-corrected chi connectivity index (χ4v) is 2.11. The summed E-state index contributed by atoms with van der Waals surface area (Å²) in [6.07, 6.45) is 3.70. The molecular formula is C11H13N3S. The Kier molecular flexibility index (Phi) is 2.97. The highest BCUT2D eigenvalue weighted by Crippen LogP contribution is 2.22. The van der Waals surface area contributed by atoms with Crippen LogP contribution in [0, 0.1) is 6.92 Å². The second-order valence-electron chi connectivity index (χ2n) is 3.36. The lowest BCUT2D eigenvalue weighted by Gasteiger charge is -2.11. The maximum absolute atomic E-state index is 4.24. The predicted octanol–water partition coefficient (Wildman–Crippen LogP) is 3.02. The van der Waals surface area contributed by atoms with Crippen LogP contribution in [0.3, 0.4) is 0 Å². The molecule has 0 amide bonds. The number of rotatable bonds is 3. The van der Waals surface area contributed by atoms with E-state index >= 15 is 0 Å². The summed E-state index contributed by atoms with van der Waals surface area (Å²) in [5.74, 6) is 0.899. The molecule has 78 valence electrons. The summed E-state index contributed by atoms with van der Waals surface area (Å²) >= 11 is 1.71. The Balaban J connectivity index is 2.07. The van der Waals surface area contributed by atoms with Crippen molar-refractivity contribution in [2.75, 3.05) is 5.32 Å². The Morgan fingerprint density at radius 2 is 2.20 bits per heavy atom. The molecule has 0 aliphatic heterocycles. The van der Waals surface area contributed by atoms with Gasteiger partial charge in [-0.3, -0.25) is 0 Å². The van der Waals surface area contributed by atoms with E-state index in [9.17, 15) is 0 Å². The molecule has 2 rings (SSSR count). The molecular weight excluding hydrogens is 206 g/mol. The quantitative estimate of drug-likeness (QED) is 0.862. The van der Waals surface area contributed by atoms with E-state index in [-0.39, 0.29) is 6.04 Å². The van der Waals surface area contributed by atoms with E-state index in [1.165, 1.54) is 4.88 Å². The first-order valence-electron chi connectivity index (χ1n) is 4.85. The lowest BCUT2D eigenvalue weighted by Crippen LogP contribution is -2.05. The molecule has 0 spiro atoms. The van der Waals surface area contributed by atoms with Crippen molar-refractivity contribution in [1.82, 2.24) is 9.97 Å². The van der Waals surface area contributed by atoms with Crippen molar-refractivity contribution in [2.24, 2.45) is 0 Å². The summed E-state index contributed by atoms with van der Waals surface area (Å²) in [5, 5.41) is 4.43. The number of anilines is 1. The Morgan fingerprint density at radius 3 is 2.80 bits per heavy atom. The highest BCUT2D eigenvalue weighted by atomic mass is 32.1. The van der Waals surface area contributed by atoms with Gasteiger partial charge in [-0.25, -0.2) is 9.97 Å². The van der Waals surface area contributed by atoms with Crippen LogP contribution in [0.1, 0.15) is 22.9 Å². The molecule has 1 atom stereocenters. The molecule has 4 heteroatoms. The lowest BCUT2D eigenvalue weighted by atomic mass is 10.3. The molecule has 0 bridgehead atoms. The van der Waals surface area contributed by atoms with Crippen LogP contribution in [0.15, 0.2) is 30.6 Å². The zero-order valence-corrected chi connectivity index (χ0v) is 9.58. The highest BCUT2D eigenvalue weighted by molar-refractivity contribution is 7.11. The van der Waals surface area contributed by atoms with Gasteiger partial charge in [0.25, 0.3) is 0 Å². The number of nitrogens with one attached hydrogen (secondary N) is 1. The van der Waals surface area contributed by atoms with Crippen molar-refractivity contribution in [1.29, 1.82) is 0 Å². The summed E-state index contributed by atoms with van der Waals surface area (Å²) < 4.78 is 0. The van der Waals surface area contributed by atoms with E-state index in [4.69, 9.17) is 0 Å². The summed E-state index contributed by atoms with van der Waals surface area (Å²) in [7, 11) is 0. The van der Waals surface area contributed by atoms with Crippen molar-refractivity contribution >= 4 is 17.2 Å². The maximum Gasteiger partial charge on any atom is 0.126 e. The second kappa shape index (κ2) is 4.40. The van der Waals surface area contributed by atoms with Crippen LogP contribution in [-0.4, -0.2) is 9.97 Å². The Hall–Kier alpha value is -1.42. The third kappa shape index (κ3) is 2.53. The standard InChI is InChI=1S/C11H13N3S/c1-8(10-7-13-9(2)15-10)14-11-5-3-4-6-12-11/h3-8H,1-2H3,(H,12,14). The SMILES string of the molecule is Cc1ncc(C(C)Nc2ccccn2)s1. The van der Waals surface area contributed by atoms with Gasteiger partial charge in [0.15, 0.2) is 0 Å². The van der Waals surface area contributed by atoms with Crippen LogP contribution in [0.25, 0.3) is 0 Å². The summed E-state index contributed by atoms with van der Waals surface area (Å²) in [5.41, 5.74) is 0. The van der Waals surface area contributed by atoms with Gasteiger partial charge in [0.05, 0.1) is 11.0 Å². The largest absolute Gasteiger partial charge is 0.363 e. The van der Waals surface area contributed by atoms with Gasteiger partial charge < -0.3 is 5.32 Å². The average molecular weight is 219 g/mol. The van der Waals surface area contributed by atoms with Crippen LogP contribution in [-0.2, 0) is 0 Å². The summed E-state index contributed by atoms with van der Waals surface area (Å²) in [6, 6.07) is 6.10. The average Bonchev–Trinajstić information content (AvgIpc) is 2.66. The molecule has 1 N–H and O–H groups in total. The van der Waals surface area contributed by atoms with Crippen LogP contribution in [0.4, 0.5) is 5.82 Å². The van der Waals surface area contributed by atoms with Crippen molar-refractivity contribution < 1.29 is 0 Å². The van der Waals surface area contributed by atoms with Gasteiger partial charge in [0.2, 0.25) is 0 Å². The monoisotopic (exact) mass is 219 g/mol. The third-order valence-electron chi connectivity index (χ3n) is 2.10. The van der Waals surface area contributed by atoms with Gasteiger partial charge in [0, 0.05) is 17.3 Å². The topological polar surface area (TPSA) is 37.8 Å². The van der Waals surface area contributed by atoms with Gasteiger partial charge in [-0.1, -0.05) is 6.07 Å². The number of aryl methyl sites for hydroxylation is 1. The summed E-state index contributed by atoms with van der Waals surface area (Å²) in [4.78, 5) is 9.70. The molecule has 0 saturated carbocycles. The highest BCUT2D eigenvalue weighted by Gasteiger charge is 2.08. The van der Waals surface area contributed by atoms with Crippen LogP contribution >= 0.6 is 11.3 Å². The molecule has 15 heavy (non-hydrogen) atoms. The third-order valence-corrected chi connectivity index (χ3v) is 3.19. The predicted molar refractivity (Wildman–Crippen MR) is 63.1 cm³/mol.